The van der Waals surface area contributed by atoms with Crippen molar-refractivity contribution < 1.29 is 9.18 Å². The fraction of sp³-hybridized carbons (Fsp3) is 0.316. The molecule has 0 atom stereocenters. The number of rotatable bonds is 4. The molecule has 0 saturated carbocycles. The van der Waals surface area contributed by atoms with Gasteiger partial charge in [-0.05, 0) is 61.6 Å². The first-order valence-corrected chi connectivity index (χ1v) is 9.76. The number of carbonyl (C=O) groups is 1. The highest BCUT2D eigenvalue weighted by molar-refractivity contribution is 7.13. The van der Waals surface area contributed by atoms with Crippen LogP contribution in [0.5, 0.6) is 0 Å². The van der Waals surface area contributed by atoms with Gasteiger partial charge in [-0.2, -0.15) is 0 Å². The largest absolute Gasteiger partial charge is 0.336 e. The van der Waals surface area contributed by atoms with Gasteiger partial charge in [0.05, 0.1) is 10.6 Å². The molecule has 1 saturated heterocycles. The minimum atomic E-state index is -0.321. The molecule has 1 fully saturated rings. The van der Waals surface area contributed by atoms with E-state index in [2.05, 4.69) is 15.4 Å². The second-order valence-corrected chi connectivity index (χ2v) is 7.47. The van der Waals surface area contributed by atoms with E-state index in [1.165, 1.54) is 23.5 Å². The number of carbonyl (C=O) groups excluding carboxylic acids is 1. The number of hydrogen-bond donors (Lipinski definition) is 1. The highest BCUT2D eigenvalue weighted by Crippen LogP contribution is 2.26. The van der Waals surface area contributed by atoms with Crippen LogP contribution >= 0.6 is 11.3 Å². The maximum atomic E-state index is 13.3. The Morgan fingerprint density at radius 2 is 2.00 bits per heavy atom. The lowest BCUT2D eigenvalue weighted by Crippen LogP contribution is -2.44. The molecule has 1 aliphatic heterocycles. The van der Waals surface area contributed by atoms with Gasteiger partial charge in [0.1, 0.15) is 5.82 Å². The molecule has 0 unspecified atom stereocenters. The van der Waals surface area contributed by atoms with Crippen LogP contribution in [-0.4, -0.2) is 51.8 Å². The fourth-order valence-electron chi connectivity index (χ4n) is 3.25. The van der Waals surface area contributed by atoms with Crippen LogP contribution in [0.3, 0.4) is 0 Å². The maximum absolute atomic E-state index is 13.3. The summed E-state index contributed by atoms with van der Waals surface area (Å²) in [5.74, 6) is 0.224. The zero-order valence-corrected chi connectivity index (χ0v) is 15.7. The molecule has 0 aliphatic carbocycles. The first-order chi connectivity index (χ1) is 13.1. The van der Waals surface area contributed by atoms with E-state index in [-0.39, 0.29) is 23.6 Å². The Balaban J connectivity index is 1.70. The van der Waals surface area contributed by atoms with Crippen LogP contribution < -0.4 is 5.32 Å². The van der Waals surface area contributed by atoms with Gasteiger partial charge in [-0.25, -0.2) is 14.1 Å². The molecule has 140 valence electrons. The lowest BCUT2D eigenvalue weighted by Gasteiger charge is -2.30. The smallest absolute Gasteiger partial charge is 0.293 e. The minimum Gasteiger partial charge on any atom is -0.336 e. The van der Waals surface area contributed by atoms with Crippen molar-refractivity contribution in [2.45, 2.75) is 18.9 Å². The Labute approximate surface area is 160 Å². The number of halogens is 1. The van der Waals surface area contributed by atoms with E-state index in [0.29, 0.717) is 11.5 Å². The average molecular weight is 385 g/mol. The number of thiophene rings is 1. The standard InChI is InChI=1S/C19H20FN5OS/c1-24(14-8-10-21-11-9-14)19(26)17-22-18(16-3-2-12-27-16)25(23-17)15-6-4-13(20)5-7-15/h2-7,12,14,21H,8-11H2,1H3. The fourth-order valence-corrected chi connectivity index (χ4v) is 3.95. The molecule has 1 N–H and O–H groups in total. The van der Waals surface area contributed by atoms with Gasteiger partial charge in [0.15, 0.2) is 5.82 Å². The summed E-state index contributed by atoms with van der Waals surface area (Å²) in [5, 5.41) is 9.71. The summed E-state index contributed by atoms with van der Waals surface area (Å²) in [4.78, 5) is 20.1. The summed E-state index contributed by atoms with van der Waals surface area (Å²) >= 11 is 1.52. The third-order valence-electron chi connectivity index (χ3n) is 4.79. The van der Waals surface area contributed by atoms with Gasteiger partial charge in [-0.1, -0.05) is 6.07 Å². The molecule has 6 nitrogen and oxygen atoms in total. The zero-order valence-electron chi connectivity index (χ0n) is 14.9. The number of nitrogens with one attached hydrogen (secondary N) is 1. The molecule has 3 heterocycles. The molecule has 8 heteroatoms. The topological polar surface area (TPSA) is 63.1 Å². The lowest BCUT2D eigenvalue weighted by atomic mass is 10.1. The van der Waals surface area contributed by atoms with Crippen LogP contribution in [0, 0.1) is 5.82 Å². The van der Waals surface area contributed by atoms with Gasteiger partial charge in [-0.3, -0.25) is 4.79 Å². The van der Waals surface area contributed by atoms with Crippen LogP contribution in [0.15, 0.2) is 41.8 Å². The molecule has 2 aromatic heterocycles. The molecule has 1 aliphatic rings. The van der Waals surface area contributed by atoms with E-state index in [9.17, 15) is 9.18 Å². The first kappa shape index (κ1) is 17.8. The molecular weight excluding hydrogens is 365 g/mol. The molecule has 1 amide bonds. The molecule has 0 bridgehead atoms. The van der Waals surface area contributed by atoms with E-state index in [1.54, 1.807) is 21.7 Å². The van der Waals surface area contributed by atoms with E-state index in [0.717, 1.165) is 30.8 Å². The summed E-state index contributed by atoms with van der Waals surface area (Å²) in [7, 11) is 1.81. The number of piperidine rings is 1. The van der Waals surface area contributed by atoms with E-state index in [4.69, 9.17) is 0 Å². The lowest BCUT2D eigenvalue weighted by molar-refractivity contribution is 0.0691. The molecular formula is C19H20FN5OS. The van der Waals surface area contributed by atoms with Crippen LogP contribution in [0.2, 0.25) is 0 Å². The van der Waals surface area contributed by atoms with E-state index < -0.39 is 0 Å². The van der Waals surface area contributed by atoms with Crippen LogP contribution in [0.1, 0.15) is 23.5 Å². The van der Waals surface area contributed by atoms with Gasteiger partial charge < -0.3 is 10.2 Å². The van der Waals surface area contributed by atoms with Crippen molar-refractivity contribution in [3.05, 3.63) is 53.4 Å². The predicted molar refractivity (Wildman–Crippen MR) is 103 cm³/mol. The number of benzene rings is 1. The minimum absolute atomic E-state index is 0.156. The Morgan fingerprint density at radius 1 is 1.26 bits per heavy atom. The van der Waals surface area contributed by atoms with Gasteiger partial charge in [0, 0.05) is 13.1 Å². The Hall–Kier alpha value is -2.58. The van der Waals surface area contributed by atoms with Crippen molar-refractivity contribution in [2.75, 3.05) is 20.1 Å². The molecule has 0 spiro atoms. The molecule has 3 aromatic rings. The molecule has 4 rings (SSSR count). The molecule has 0 radical (unpaired) electrons. The summed E-state index contributed by atoms with van der Waals surface area (Å²) < 4.78 is 14.9. The number of hydrogen-bond acceptors (Lipinski definition) is 5. The SMILES string of the molecule is CN(C(=O)c1nc(-c2cccs2)n(-c2ccc(F)cc2)n1)C1CCNCC1. The van der Waals surface area contributed by atoms with Crippen molar-refractivity contribution in [2.24, 2.45) is 0 Å². The zero-order chi connectivity index (χ0) is 18.8. The summed E-state index contributed by atoms with van der Waals surface area (Å²) in [6.45, 7) is 1.81. The summed E-state index contributed by atoms with van der Waals surface area (Å²) in [6.07, 6.45) is 1.83. The van der Waals surface area contributed by atoms with Crippen molar-refractivity contribution in [1.82, 2.24) is 25.0 Å². The third kappa shape index (κ3) is 3.63. The normalized spacial score (nSPS) is 15.0. The summed E-state index contributed by atoms with van der Waals surface area (Å²) in [5.41, 5.74) is 0.663. The van der Waals surface area contributed by atoms with Crippen molar-refractivity contribution >= 4 is 17.2 Å². The Morgan fingerprint density at radius 3 is 2.67 bits per heavy atom. The van der Waals surface area contributed by atoms with Gasteiger partial charge in [-0.15, -0.1) is 16.4 Å². The third-order valence-corrected chi connectivity index (χ3v) is 5.65. The van der Waals surface area contributed by atoms with Crippen molar-refractivity contribution in [3.8, 4) is 16.4 Å². The van der Waals surface area contributed by atoms with Crippen LogP contribution in [0.25, 0.3) is 16.4 Å². The van der Waals surface area contributed by atoms with Gasteiger partial charge in [0.25, 0.3) is 5.91 Å². The average Bonchev–Trinajstić information content (AvgIpc) is 3.38. The quantitative estimate of drug-likeness (QED) is 0.750. The second-order valence-electron chi connectivity index (χ2n) is 6.52. The highest BCUT2D eigenvalue weighted by Gasteiger charge is 2.27. The van der Waals surface area contributed by atoms with E-state index in [1.807, 2.05) is 24.6 Å². The monoisotopic (exact) mass is 385 g/mol. The molecule has 1 aromatic carbocycles. The van der Waals surface area contributed by atoms with Crippen LogP contribution in [0.4, 0.5) is 4.39 Å². The number of amides is 1. The Kier molecular flexibility index (Phi) is 5.00. The first-order valence-electron chi connectivity index (χ1n) is 8.88. The highest BCUT2D eigenvalue weighted by atomic mass is 32.1. The maximum Gasteiger partial charge on any atom is 0.293 e. The van der Waals surface area contributed by atoms with Crippen LogP contribution in [-0.2, 0) is 0 Å². The van der Waals surface area contributed by atoms with Crippen molar-refractivity contribution in [3.63, 3.8) is 0 Å². The van der Waals surface area contributed by atoms with Gasteiger partial charge >= 0.3 is 0 Å². The number of aromatic nitrogens is 3. The predicted octanol–water partition coefficient (Wildman–Crippen LogP) is 2.96. The summed E-state index contributed by atoms with van der Waals surface area (Å²) in [6, 6.07) is 10.0. The van der Waals surface area contributed by atoms with Gasteiger partial charge in [0.2, 0.25) is 5.82 Å². The Bertz CT molecular complexity index is 916. The van der Waals surface area contributed by atoms with E-state index >= 15 is 0 Å². The second kappa shape index (κ2) is 7.58. The molecule has 27 heavy (non-hydrogen) atoms. The number of nitrogens with zero attached hydrogens (tertiary/aromatic N) is 4. The van der Waals surface area contributed by atoms with Crippen molar-refractivity contribution in [1.29, 1.82) is 0 Å².